The van der Waals surface area contributed by atoms with Gasteiger partial charge in [-0.2, -0.15) is 0 Å². The van der Waals surface area contributed by atoms with Crippen LogP contribution < -0.4 is 15.0 Å². The van der Waals surface area contributed by atoms with E-state index in [2.05, 4.69) is 5.32 Å². The Labute approximate surface area is 191 Å². The Bertz CT molecular complexity index is 1140. The molecule has 0 aromatic heterocycles. The number of esters is 1. The number of para-hydroxylation sites is 2. The molecule has 0 bridgehead atoms. The fourth-order valence-corrected chi connectivity index (χ4v) is 3.76. The number of hydrogen-bond acceptors (Lipinski definition) is 5. The summed E-state index contributed by atoms with van der Waals surface area (Å²) >= 11 is 0. The molecule has 3 aromatic carbocycles. The summed E-state index contributed by atoms with van der Waals surface area (Å²) < 4.78 is 10.8. The van der Waals surface area contributed by atoms with E-state index in [-0.39, 0.29) is 25.1 Å². The van der Waals surface area contributed by atoms with Gasteiger partial charge in [0.15, 0.2) is 6.61 Å². The number of amides is 2. The molecule has 7 nitrogen and oxygen atoms in total. The Balaban J connectivity index is 1.23. The monoisotopic (exact) mass is 444 g/mol. The SMILES string of the molecule is C[C@@H]1Cc2ccccc2N1C(=O)COC(=O)CNC(=O)c1ccc(Oc2ccccc2)cc1. The van der Waals surface area contributed by atoms with Gasteiger partial charge < -0.3 is 19.7 Å². The first-order valence-corrected chi connectivity index (χ1v) is 10.7. The summed E-state index contributed by atoms with van der Waals surface area (Å²) in [6, 6.07) is 23.5. The highest BCUT2D eigenvalue weighted by Crippen LogP contribution is 2.31. The second kappa shape index (κ2) is 9.99. The summed E-state index contributed by atoms with van der Waals surface area (Å²) in [7, 11) is 0. The third-order valence-electron chi connectivity index (χ3n) is 5.32. The van der Waals surface area contributed by atoms with E-state index in [9.17, 15) is 14.4 Å². The minimum absolute atomic E-state index is 0.00199. The van der Waals surface area contributed by atoms with Crippen LogP contribution in [-0.2, 0) is 20.7 Å². The van der Waals surface area contributed by atoms with E-state index in [1.54, 1.807) is 29.2 Å². The zero-order valence-electron chi connectivity index (χ0n) is 18.2. The highest BCUT2D eigenvalue weighted by Gasteiger charge is 2.30. The molecule has 0 spiro atoms. The van der Waals surface area contributed by atoms with Crippen molar-refractivity contribution in [2.75, 3.05) is 18.1 Å². The molecule has 1 aliphatic heterocycles. The average Bonchev–Trinajstić information content (AvgIpc) is 3.18. The van der Waals surface area contributed by atoms with Crippen molar-refractivity contribution in [2.45, 2.75) is 19.4 Å². The molecule has 1 atom stereocenters. The first-order chi connectivity index (χ1) is 16.0. The lowest BCUT2D eigenvalue weighted by atomic mass is 10.1. The Morgan fingerprint density at radius 2 is 1.58 bits per heavy atom. The van der Waals surface area contributed by atoms with Crippen LogP contribution in [0.5, 0.6) is 11.5 Å². The molecule has 2 amide bonds. The third kappa shape index (κ3) is 5.38. The molecular formula is C26H24N2O5. The maximum Gasteiger partial charge on any atom is 0.325 e. The molecule has 0 fully saturated rings. The van der Waals surface area contributed by atoms with Crippen LogP contribution >= 0.6 is 0 Å². The van der Waals surface area contributed by atoms with Crippen LogP contribution in [-0.4, -0.2) is 37.0 Å². The van der Waals surface area contributed by atoms with Crippen LogP contribution in [0.3, 0.4) is 0 Å². The molecule has 1 heterocycles. The molecule has 0 aliphatic carbocycles. The summed E-state index contributed by atoms with van der Waals surface area (Å²) in [6.45, 7) is 1.25. The zero-order valence-corrected chi connectivity index (χ0v) is 18.2. The van der Waals surface area contributed by atoms with E-state index in [4.69, 9.17) is 9.47 Å². The molecule has 0 saturated heterocycles. The summed E-state index contributed by atoms with van der Waals surface area (Å²) in [4.78, 5) is 38.6. The van der Waals surface area contributed by atoms with Gasteiger partial charge in [-0.1, -0.05) is 36.4 Å². The van der Waals surface area contributed by atoms with Crippen molar-refractivity contribution in [1.82, 2.24) is 5.32 Å². The largest absolute Gasteiger partial charge is 0.457 e. The molecule has 33 heavy (non-hydrogen) atoms. The topological polar surface area (TPSA) is 84.9 Å². The molecule has 1 N–H and O–H groups in total. The van der Waals surface area contributed by atoms with Gasteiger partial charge in [0.1, 0.15) is 18.0 Å². The van der Waals surface area contributed by atoms with E-state index in [0.717, 1.165) is 17.7 Å². The van der Waals surface area contributed by atoms with Crippen molar-refractivity contribution in [3.05, 3.63) is 90.0 Å². The highest BCUT2D eigenvalue weighted by atomic mass is 16.5. The number of carbonyl (C=O) groups excluding carboxylic acids is 3. The van der Waals surface area contributed by atoms with E-state index in [0.29, 0.717) is 17.1 Å². The van der Waals surface area contributed by atoms with Gasteiger partial charge in [-0.15, -0.1) is 0 Å². The number of benzene rings is 3. The van der Waals surface area contributed by atoms with Gasteiger partial charge in [0.2, 0.25) is 0 Å². The van der Waals surface area contributed by atoms with E-state index >= 15 is 0 Å². The Kier molecular flexibility index (Phi) is 6.69. The van der Waals surface area contributed by atoms with Crippen LogP contribution in [0, 0.1) is 0 Å². The molecule has 0 unspecified atom stereocenters. The molecule has 4 rings (SSSR count). The predicted molar refractivity (Wildman–Crippen MR) is 123 cm³/mol. The number of hydrogen-bond donors (Lipinski definition) is 1. The number of anilines is 1. The molecule has 3 aromatic rings. The van der Waals surface area contributed by atoms with Gasteiger partial charge in [0, 0.05) is 17.3 Å². The molecule has 168 valence electrons. The number of rotatable bonds is 7. The van der Waals surface area contributed by atoms with Crippen LogP contribution in [0.25, 0.3) is 0 Å². The Morgan fingerprint density at radius 1 is 0.909 bits per heavy atom. The Morgan fingerprint density at radius 3 is 2.33 bits per heavy atom. The second-order valence-electron chi connectivity index (χ2n) is 7.73. The van der Waals surface area contributed by atoms with Gasteiger partial charge in [0.25, 0.3) is 11.8 Å². The van der Waals surface area contributed by atoms with E-state index in [1.165, 1.54) is 0 Å². The van der Waals surface area contributed by atoms with Gasteiger partial charge >= 0.3 is 5.97 Å². The van der Waals surface area contributed by atoms with Crippen LogP contribution in [0.2, 0.25) is 0 Å². The third-order valence-corrected chi connectivity index (χ3v) is 5.32. The van der Waals surface area contributed by atoms with Crippen molar-refractivity contribution >= 4 is 23.5 Å². The Hall–Kier alpha value is -4.13. The van der Waals surface area contributed by atoms with E-state index < -0.39 is 11.9 Å². The minimum Gasteiger partial charge on any atom is -0.457 e. The molecule has 1 aliphatic rings. The van der Waals surface area contributed by atoms with Crippen molar-refractivity contribution in [2.24, 2.45) is 0 Å². The number of nitrogens with one attached hydrogen (secondary N) is 1. The summed E-state index contributed by atoms with van der Waals surface area (Å²) in [5.41, 5.74) is 2.32. The lowest BCUT2D eigenvalue weighted by Crippen LogP contribution is -2.39. The molecule has 0 radical (unpaired) electrons. The number of ether oxygens (including phenoxy) is 2. The van der Waals surface area contributed by atoms with Crippen LogP contribution in [0.1, 0.15) is 22.8 Å². The maximum absolute atomic E-state index is 12.6. The number of carbonyl (C=O) groups is 3. The standard InChI is InChI=1S/C26H24N2O5/c1-18-15-20-7-5-6-10-23(20)28(18)24(29)17-32-25(30)16-27-26(31)19-11-13-22(14-12-19)33-21-8-3-2-4-9-21/h2-14,18H,15-17H2,1H3,(H,27,31)/t18-/m1/s1. The minimum atomic E-state index is -0.680. The van der Waals surface area contributed by atoms with E-state index in [1.807, 2.05) is 61.5 Å². The fraction of sp³-hybridized carbons (Fsp3) is 0.192. The van der Waals surface area contributed by atoms with Gasteiger partial charge in [0.05, 0.1) is 0 Å². The predicted octanol–water partition coefficient (Wildman–Crippen LogP) is 3.73. The lowest BCUT2D eigenvalue weighted by molar-refractivity contribution is -0.146. The molecule has 0 saturated carbocycles. The summed E-state index contributed by atoms with van der Waals surface area (Å²) in [6.07, 6.45) is 0.765. The lowest BCUT2D eigenvalue weighted by Gasteiger charge is -2.22. The first kappa shape index (κ1) is 22.1. The normalized spacial score (nSPS) is 14.3. The van der Waals surface area contributed by atoms with Crippen LogP contribution in [0.4, 0.5) is 5.69 Å². The smallest absolute Gasteiger partial charge is 0.325 e. The number of fused-ring (bicyclic) bond motifs is 1. The van der Waals surface area contributed by atoms with Crippen molar-refractivity contribution in [1.29, 1.82) is 0 Å². The van der Waals surface area contributed by atoms with Gasteiger partial charge in [-0.05, 0) is 61.4 Å². The second-order valence-corrected chi connectivity index (χ2v) is 7.73. The van der Waals surface area contributed by atoms with Crippen LogP contribution in [0.15, 0.2) is 78.9 Å². The van der Waals surface area contributed by atoms with Crippen molar-refractivity contribution in [3.8, 4) is 11.5 Å². The van der Waals surface area contributed by atoms with Crippen molar-refractivity contribution in [3.63, 3.8) is 0 Å². The first-order valence-electron chi connectivity index (χ1n) is 10.7. The van der Waals surface area contributed by atoms with Crippen molar-refractivity contribution < 1.29 is 23.9 Å². The molecular weight excluding hydrogens is 420 g/mol. The van der Waals surface area contributed by atoms with Gasteiger partial charge in [-0.25, -0.2) is 0 Å². The zero-order chi connectivity index (χ0) is 23.2. The molecule has 7 heteroatoms. The summed E-state index contributed by atoms with van der Waals surface area (Å²) in [5.74, 6) is -0.110. The average molecular weight is 444 g/mol. The highest BCUT2D eigenvalue weighted by molar-refractivity contribution is 5.98. The van der Waals surface area contributed by atoms with Gasteiger partial charge in [-0.3, -0.25) is 14.4 Å². The maximum atomic E-state index is 12.6. The quantitative estimate of drug-likeness (QED) is 0.562. The number of nitrogens with zero attached hydrogens (tertiary/aromatic N) is 1. The fourth-order valence-electron chi connectivity index (χ4n) is 3.76. The summed E-state index contributed by atoms with van der Waals surface area (Å²) in [5, 5.41) is 2.51.